The Bertz CT molecular complexity index is 1470. The predicted molar refractivity (Wildman–Crippen MR) is 168 cm³/mol. The second-order valence-corrected chi connectivity index (χ2v) is 11.7. The molecule has 226 valence electrons. The van der Waals surface area contributed by atoms with Crippen molar-refractivity contribution < 1.29 is 19.1 Å². The van der Waals surface area contributed by atoms with Gasteiger partial charge in [-0.15, -0.1) is 0 Å². The lowest BCUT2D eigenvalue weighted by molar-refractivity contribution is -0.137. The molecule has 2 aliphatic rings. The number of para-hydroxylation sites is 1. The van der Waals surface area contributed by atoms with E-state index in [2.05, 4.69) is 22.0 Å². The van der Waals surface area contributed by atoms with E-state index < -0.39 is 5.41 Å². The van der Waals surface area contributed by atoms with Crippen molar-refractivity contribution >= 4 is 34.8 Å². The minimum Gasteiger partial charge on any atom is -0.493 e. The minimum absolute atomic E-state index is 0.168. The van der Waals surface area contributed by atoms with Gasteiger partial charge < -0.3 is 19.4 Å². The number of amides is 3. The molecule has 5 rings (SSSR count). The van der Waals surface area contributed by atoms with Crippen LogP contribution >= 0.6 is 0 Å². The highest BCUT2D eigenvalue weighted by atomic mass is 16.5. The third-order valence-electron chi connectivity index (χ3n) is 8.38. The van der Waals surface area contributed by atoms with Gasteiger partial charge in [0.2, 0.25) is 17.7 Å². The van der Waals surface area contributed by atoms with Crippen LogP contribution in [0, 0.1) is 5.41 Å². The molecule has 0 spiro atoms. The van der Waals surface area contributed by atoms with Crippen LogP contribution in [0.4, 0.5) is 17.1 Å². The lowest BCUT2D eigenvalue weighted by Crippen LogP contribution is -2.47. The molecule has 2 aromatic carbocycles. The first-order chi connectivity index (χ1) is 20.7. The lowest BCUT2D eigenvalue weighted by atomic mass is 9.90. The molecule has 0 N–H and O–H groups in total. The molecule has 9 nitrogen and oxygen atoms in total. The third kappa shape index (κ3) is 6.41. The number of benzene rings is 2. The fourth-order valence-electron chi connectivity index (χ4n) is 5.95. The van der Waals surface area contributed by atoms with Crippen molar-refractivity contribution in [3.8, 4) is 5.75 Å². The van der Waals surface area contributed by atoms with E-state index in [1.165, 1.54) is 5.56 Å². The summed E-state index contributed by atoms with van der Waals surface area (Å²) < 4.78 is 6.16. The zero-order valence-electron chi connectivity index (χ0n) is 25.6. The number of carbonyl (C=O) groups is 3. The monoisotopic (exact) mass is 583 g/mol. The van der Waals surface area contributed by atoms with E-state index in [1.807, 2.05) is 60.5 Å². The Morgan fingerprint density at radius 1 is 0.907 bits per heavy atom. The zero-order chi connectivity index (χ0) is 30.6. The average molecular weight is 584 g/mol. The molecular weight excluding hydrogens is 542 g/mol. The number of anilines is 3. The van der Waals surface area contributed by atoms with E-state index in [9.17, 15) is 14.4 Å². The highest BCUT2D eigenvalue weighted by Crippen LogP contribution is 2.40. The molecule has 1 aromatic heterocycles. The van der Waals surface area contributed by atoms with Crippen molar-refractivity contribution in [1.29, 1.82) is 0 Å². The van der Waals surface area contributed by atoms with Crippen molar-refractivity contribution in [2.75, 3.05) is 54.5 Å². The topological polar surface area (TPSA) is 86.3 Å². The van der Waals surface area contributed by atoms with Crippen molar-refractivity contribution in [1.82, 2.24) is 9.88 Å². The van der Waals surface area contributed by atoms with E-state index >= 15 is 0 Å². The fourth-order valence-corrected chi connectivity index (χ4v) is 5.95. The van der Waals surface area contributed by atoms with Gasteiger partial charge in [-0.2, -0.15) is 0 Å². The van der Waals surface area contributed by atoms with Crippen molar-refractivity contribution in [3.05, 3.63) is 78.1 Å². The second kappa shape index (κ2) is 13.0. The summed E-state index contributed by atoms with van der Waals surface area (Å²) in [5.41, 5.74) is 3.57. The maximum atomic E-state index is 13.2. The maximum Gasteiger partial charge on any atom is 0.242 e. The van der Waals surface area contributed by atoms with Crippen LogP contribution in [-0.2, 0) is 27.3 Å². The molecular formula is C34H41N5O4. The summed E-state index contributed by atoms with van der Waals surface area (Å²) in [6, 6.07) is 17.7. The smallest absolute Gasteiger partial charge is 0.242 e. The van der Waals surface area contributed by atoms with E-state index in [1.54, 1.807) is 36.9 Å². The van der Waals surface area contributed by atoms with Gasteiger partial charge in [0.1, 0.15) is 11.2 Å². The Hall–Kier alpha value is -4.24. The van der Waals surface area contributed by atoms with Gasteiger partial charge in [0, 0.05) is 70.3 Å². The van der Waals surface area contributed by atoms with Crippen LogP contribution in [0.1, 0.15) is 44.7 Å². The number of carbonyl (C=O) groups excluding carboxylic acids is 3. The Labute approximate surface area is 254 Å². The van der Waals surface area contributed by atoms with Gasteiger partial charge in [-0.1, -0.05) is 24.3 Å². The van der Waals surface area contributed by atoms with Gasteiger partial charge in [0.15, 0.2) is 0 Å². The van der Waals surface area contributed by atoms with E-state index in [4.69, 9.17) is 4.74 Å². The molecule has 3 amide bonds. The van der Waals surface area contributed by atoms with Gasteiger partial charge >= 0.3 is 0 Å². The number of fused-ring (bicyclic) bond motifs is 2. The molecule has 9 heteroatoms. The minimum atomic E-state index is -1.15. The molecule has 0 aliphatic carbocycles. The number of ether oxygens (including phenoxy) is 1. The molecule has 2 aliphatic heterocycles. The van der Waals surface area contributed by atoms with Crippen LogP contribution in [0.3, 0.4) is 0 Å². The van der Waals surface area contributed by atoms with Crippen LogP contribution in [0.25, 0.3) is 0 Å². The molecule has 0 saturated carbocycles. The molecule has 0 bridgehead atoms. The summed E-state index contributed by atoms with van der Waals surface area (Å²) >= 11 is 0. The third-order valence-corrected chi connectivity index (χ3v) is 8.38. The van der Waals surface area contributed by atoms with Crippen molar-refractivity contribution in [3.63, 3.8) is 0 Å². The van der Waals surface area contributed by atoms with E-state index in [-0.39, 0.29) is 17.7 Å². The fraction of sp³-hybridized carbons (Fsp3) is 0.412. The predicted octanol–water partition coefficient (Wildman–Crippen LogP) is 4.69. The molecule has 0 saturated heterocycles. The standard InChI is InChI=1S/C34H41N5O4/c1-5-38-29-15-14-27(22-30(29)36(4)32(41)34(2,3)33(38)42)43-21-9-18-37(24-25-10-8-17-35-23-25)19-20-39-28-12-7-6-11-26(28)13-16-31(39)40/h6-8,10-12,14-15,17,22-23H,5,9,13,16,18-21,24H2,1-4H3. The normalized spacial score (nSPS) is 16.3. The lowest BCUT2D eigenvalue weighted by Gasteiger charge is -2.32. The van der Waals surface area contributed by atoms with Crippen LogP contribution in [-0.4, -0.2) is 67.4 Å². The molecule has 0 atom stereocenters. The van der Waals surface area contributed by atoms with Gasteiger partial charge in [-0.3, -0.25) is 24.3 Å². The van der Waals surface area contributed by atoms with Gasteiger partial charge in [0.25, 0.3) is 0 Å². The highest BCUT2D eigenvalue weighted by Gasteiger charge is 2.45. The SMILES string of the molecule is CCN1C(=O)C(C)(C)C(=O)N(C)c2cc(OCCCN(CCN3C(=O)CCc4ccccc43)Cc3cccnc3)ccc21. The Morgan fingerprint density at radius 3 is 2.49 bits per heavy atom. The summed E-state index contributed by atoms with van der Waals surface area (Å²) in [6.45, 7) is 9.05. The summed E-state index contributed by atoms with van der Waals surface area (Å²) in [7, 11) is 1.71. The summed E-state index contributed by atoms with van der Waals surface area (Å²) in [6.07, 6.45) is 5.75. The number of aryl methyl sites for hydroxylation is 1. The molecule has 0 fully saturated rings. The first-order valence-electron chi connectivity index (χ1n) is 15.1. The number of hydrogen-bond donors (Lipinski definition) is 0. The summed E-state index contributed by atoms with van der Waals surface area (Å²) in [5.74, 6) is 0.369. The van der Waals surface area contributed by atoms with Crippen LogP contribution in [0.2, 0.25) is 0 Å². The largest absolute Gasteiger partial charge is 0.493 e. The maximum absolute atomic E-state index is 13.2. The van der Waals surface area contributed by atoms with Crippen molar-refractivity contribution in [2.45, 2.75) is 46.6 Å². The van der Waals surface area contributed by atoms with Gasteiger partial charge in [-0.05, 0) is 69.0 Å². The van der Waals surface area contributed by atoms with Crippen LogP contribution in [0.15, 0.2) is 67.0 Å². The van der Waals surface area contributed by atoms with E-state index in [0.29, 0.717) is 43.2 Å². The Kier molecular flexibility index (Phi) is 9.11. The van der Waals surface area contributed by atoms with Crippen molar-refractivity contribution in [2.24, 2.45) is 5.41 Å². The number of pyridine rings is 1. The van der Waals surface area contributed by atoms with Crippen LogP contribution < -0.4 is 19.4 Å². The molecule has 3 aromatic rings. The quantitative estimate of drug-likeness (QED) is 0.241. The van der Waals surface area contributed by atoms with Crippen LogP contribution in [0.5, 0.6) is 5.75 Å². The van der Waals surface area contributed by atoms with Gasteiger partial charge in [0.05, 0.1) is 18.0 Å². The van der Waals surface area contributed by atoms with E-state index in [0.717, 1.165) is 43.7 Å². The molecule has 0 radical (unpaired) electrons. The first-order valence-corrected chi connectivity index (χ1v) is 15.1. The number of hydrogen-bond acceptors (Lipinski definition) is 6. The molecule has 3 heterocycles. The Morgan fingerprint density at radius 2 is 1.72 bits per heavy atom. The number of nitrogens with zero attached hydrogens (tertiary/aromatic N) is 5. The number of aromatic nitrogens is 1. The zero-order valence-corrected chi connectivity index (χ0v) is 25.6. The highest BCUT2D eigenvalue weighted by molar-refractivity contribution is 6.20. The number of rotatable bonds is 11. The Balaban J connectivity index is 1.24. The molecule has 0 unspecified atom stereocenters. The average Bonchev–Trinajstić information content (AvgIpc) is 3.07. The first kappa shape index (κ1) is 30.2. The van der Waals surface area contributed by atoms with Gasteiger partial charge in [-0.25, -0.2) is 0 Å². The second-order valence-electron chi connectivity index (χ2n) is 11.7. The summed E-state index contributed by atoms with van der Waals surface area (Å²) in [4.78, 5) is 50.9. The summed E-state index contributed by atoms with van der Waals surface area (Å²) in [5, 5.41) is 0. The molecule has 43 heavy (non-hydrogen) atoms.